The SMILES string of the molecule is COc1ccc(OC[C@H]2[C@@H](O)[C@H](n3cc(C)c(=O)[nH]c3=O)O[C@@H]2COCc2ccccc2)cc1. The molecule has 0 radical (unpaired) electrons. The van der Waals surface area contributed by atoms with Crippen molar-refractivity contribution in [3.05, 3.63) is 92.8 Å². The lowest BCUT2D eigenvalue weighted by Crippen LogP contribution is -2.38. The van der Waals surface area contributed by atoms with Crippen LogP contribution in [-0.2, 0) is 16.1 Å². The number of hydrogen-bond acceptors (Lipinski definition) is 7. The first kappa shape index (κ1) is 23.7. The van der Waals surface area contributed by atoms with Crippen molar-refractivity contribution in [2.45, 2.75) is 32.0 Å². The third-order valence-electron chi connectivity index (χ3n) is 5.84. The maximum atomic E-state index is 12.4. The van der Waals surface area contributed by atoms with E-state index < -0.39 is 35.6 Å². The van der Waals surface area contributed by atoms with Crippen LogP contribution in [-0.4, -0.2) is 47.2 Å². The summed E-state index contributed by atoms with van der Waals surface area (Å²) in [5.41, 5.74) is 0.220. The van der Waals surface area contributed by atoms with Gasteiger partial charge in [0.1, 0.15) is 17.6 Å². The summed E-state index contributed by atoms with van der Waals surface area (Å²) in [6, 6.07) is 16.8. The maximum Gasteiger partial charge on any atom is 0.330 e. The van der Waals surface area contributed by atoms with Gasteiger partial charge in [0.15, 0.2) is 6.23 Å². The summed E-state index contributed by atoms with van der Waals surface area (Å²) in [5, 5.41) is 11.1. The molecule has 1 aliphatic rings. The van der Waals surface area contributed by atoms with Crippen molar-refractivity contribution in [1.82, 2.24) is 9.55 Å². The summed E-state index contributed by atoms with van der Waals surface area (Å²) in [7, 11) is 1.59. The van der Waals surface area contributed by atoms with Crippen molar-refractivity contribution in [1.29, 1.82) is 0 Å². The molecule has 4 atom stereocenters. The summed E-state index contributed by atoms with van der Waals surface area (Å²) >= 11 is 0. The van der Waals surface area contributed by atoms with Gasteiger partial charge in [-0.2, -0.15) is 0 Å². The highest BCUT2D eigenvalue weighted by Gasteiger charge is 2.45. The summed E-state index contributed by atoms with van der Waals surface area (Å²) in [4.78, 5) is 26.4. The predicted octanol–water partition coefficient (Wildman–Crippen LogP) is 2.02. The van der Waals surface area contributed by atoms with Gasteiger partial charge in [0.25, 0.3) is 5.56 Å². The van der Waals surface area contributed by atoms with Crippen molar-refractivity contribution in [2.24, 2.45) is 5.92 Å². The van der Waals surface area contributed by atoms with Crippen LogP contribution < -0.4 is 20.7 Å². The zero-order chi connectivity index (χ0) is 24.1. The highest BCUT2D eigenvalue weighted by molar-refractivity contribution is 5.31. The van der Waals surface area contributed by atoms with Gasteiger partial charge in [-0.25, -0.2) is 4.79 Å². The molecule has 0 spiro atoms. The molecule has 2 heterocycles. The lowest BCUT2D eigenvalue weighted by atomic mass is 9.99. The Kier molecular flexibility index (Phi) is 7.46. The van der Waals surface area contributed by atoms with Crippen LogP contribution in [0.2, 0.25) is 0 Å². The Labute approximate surface area is 196 Å². The number of aromatic nitrogens is 2. The molecule has 0 bridgehead atoms. The minimum absolute atomic E-state index is 0.139. The van der Waals surface area contributed by atoms with Crippen LogP contribution in [0.25, 0.3) is 0 Å². The largest absolute Gasteiger partial charge is 0.497 e. The monoisotopic (exact) mass is 468 g/mol. The van der Waals surface area contributed by atoms with Crippen LogP contribution in [0.15, 0.2) is 70.4 Å². The summed E-state index contributed by atoms with van der Waals surface area (Å²) in [6.45, 7) is 2.29. The molecule has 4 rings (SSSR count). The molecule has 180 valence electrons. The summed E-state index contributed by atoms with van der Waals surface area (Å²) < 4.78 is 24.2. The smallest absolute Gasteiger partial charge is 0.330 e. The van der Waals surface area contributed by atoms with Crippen LogP contribution in [0, 0.1) is 12.8 Å². The molecule has 0 amide bonds. The zero-order valence-electron chi connectivity index (χ0n) is 19.0. The third-order valence-corrected chi connectivity index (χ3v) is 5.84. The number of rotatable bonds is 9. The highest BCUT2D eigenvalue weighted by Crippen LogP contribution is 2.34. The van der Waals surface area contributed by atoms with E-state index in [9.17, 15) is 14.7 Å². The van der Waals surface area contributed by atoms with Crippen molar-refractivity contribution in [3.63, 3.8) is 0 Å². The molecule has 0 saturated carbocycles. The van der Waals surface area contributed by atoms with Gasteiger partial charge in [0, 0.05) is 11.8 Å². The van der Waals surface area contributed by atoms with E-state index in [0.29, 0.717) is 23.7 Å². The molecular formula is C25H28N2O7. The van der Waals surface area contributed by atoms with Crippen LogP contribution in [0.4, 0.5) is 0 Å². The Morgan fingerprint density at radius 3 is 2.44 bits per heavy atom. The second kappa shape index (κ2) is 10.7. The number of methoxy groups -OCH3 is 1. The number of aliphatic hydroxyl groups is 1. The Hall–Kier alpha value is -3.40. The van der Waals surface area contributed by atoms with E-state index in [0.717, 1.165) is 5.56 Å². The average Bonchev–Trinajstić information content (AvgIpc) is 3.16. The van der Waals surface area contributed by atoms with Gasteiger partial charge in [-0.05, 0) is 36.8 Å². The van der Waals surface area contributed by atoms with E-state index in [-0.39, 0.29) is 13.2 Å². The number of nitrogens with zero attached hydrogens (tertiary/aromatic N) is 1. The quantitative estimate of drug-likeness (QED) is 0.494. The van der Waals surface area contributed by atoms with Gasteiger partial charge in [0.05, 0.1) is 39.0 Å². The number of aryl methyl sites for hydroxylation is 1. The molecule has 2 N–H and O–H groups in total. The van der Waals surface area contributed by atoms with Crippen LogP contribution in [0.5, 0.6) is 11.5 Å². The average molecular weight is 469 g/mol. The first-order valence-corrected chi connectivity index (χ1v) is 11.0. The van der Waals surface area contributed by atoms with E-state index >= 15 is 0 Å². The summed E-state index contributed by atoms with van der Waals surface area (Å²) in [5.74, 6) is 0.830. The molecule has 1 fully saturated rings. The predicted molar refractivity (Wildman–Crippen MR) is 124 cm³/mol. The van der Waals surface area contributed by atoms with Gasteiger partial charge in [-0.1, -0.05) is 30.3 Å². The second-order valence-corrected chi connectivity index (χ2v) is 8.19. The fourth-order valence-corrected chi connectivity index (χ4v) is 3.90. The Balaban J connectivity index is 1.50. The molecule has 1 aromatic heterocycles. The van der Waals surface area contributed by atoms with Gasteiger partial charge in [-0.15, -0.1) is 0 Å². The lowest BCUT2D eigenvalue weighted by molar-refractivity contribution is -0.0681. The standard InChI is InChI=1S/C25H28N2O7/c1-16-12-27(25(30)26-23(16)29)24-22(28)20(14-33-19-10-8-18(31-2)9-11-19)21(34-24)15-32-13-17-6-4-3-5-7-17/h3-12,20-22,24,28H,13-15H2,1-2H3,(H,26,29,30)/t20-,21-,22-,24-/m1/s1. The van der Waals surface area contributed by atoms with Crippen molar-refractivity contribution < 1.29 is 24.1 Å². The number of benzene rings is 2. The number of nitrogens with one attached hydrogen (secondary N) is 1. The fraction of sp³-hybridized carbons (Fsp3) is 0.360. The molecule has 2 aromatic carbocycles. The van der Waals surface area contributed by atoms with E-state index in [4.69, 9.17) is 18.9 Å². The molecule has 0 unspecified atom stereocenters. The van der Waals surface area contributed by atoms with E-state index in [1.54, 1.807) is 38.3 Å². The molecule has 9 nitrogen and oxygen atoms in total. The second-order valence-electron chi connectivity index (χ2n) is 8.19. The van der Waals surface area contributed by atoms with Gasteiger partial charge >= 0.3 is 5.69 Å². The van der Waals surface area contributed by atoms with Crippen molar-refractivity contribution >= 4 is 0 Å². The van der Waals surface area contributed by atoms with Gasteiger partial charge in [-0.3, -0.25) is 14.3 Å². The Morgan fingerprint density at radius 2 is 1.74 bits per heavy atom. The maximum absolute atomic E-state index is 12.4. The number of aliphatic hydroxyl groups excluding tert-OH is 1. The topological polar surface area (TPSA) is 112 Å². The van der Waals surface area contributed by atoms with Crippen molar-refractivity contribution in [3.8, 4) is 11.5 Å². The van der Waals surface area contributed by atoms with E-state index in [1.807, 2.05) is 30.3 Å². The minimum atomic E-state index is -1.06. The third kappa shape index (κ3) is 5.39. The number of hydrogen-bond donors (Lipinski definition) is 2. The van der Waals surface area contributed by atoms with E-state index in [1.165, 1.54) is 10.8 Å². The number of ether oxygens (including phenoxy) is 4. The molecule has 1 saturated heterocycles. The Bertz CT molecular complexity index is 1190. The molecule has 3 aromatic rings. The zero-order valence-corrected chi connectivity index (χ0v) is 19.0. The van der Waals surface area contributed by atoms with Gasteiger partial charge in [0.2, 0.25) is 0 Å². The van der Waals surface area contributed by atoms with Crippen molar-refractivity contribution in [2.75, 3.05) is 20.3 Å². The molecule has 34 heavy (non-hydrogen) atoms. The lowest BCUT2D eigenvalue weighted by Gasteiger charge is -2.21. The van der Waals surface area contributed by atoms with E-state index in [2.05, 4.69) is 4.98 Å². The van der Waals surface area contributed by atoms with Crippen LogP contribution in [0.1, 0.15) is 17.4 Å². The molecule has 1 aliphatic heterocycles. The highest BCUT2D eigenvalue weighted by atomic mass is 16.6. The normalized spacial score (nSPS) is 22.0. The molecule has 0 aliphatic carbocycles. The minimum Gasteiger partial charge on any atom is -0.497 e. The fourth-order valence-electron chi connectivity index (χ4n) is 3.90. The number of aromatic amines is 1. The Morgan fingerprint density at radius 1 is 1.03 bits per heavy atom. The first-order chi connectivity index (χ1) is 16.5. The summed E-state index contributed by atoms with van der Waals surface area (Å²) in [6.07, 6.45) is -1.20. The molecular weight excluding hydrogens is 440 g/mol. The number of H-pyrrole nitrogens is 1. The van der Waals surface area contributed by atoms with Crippen LogP contribution >= 0.6 is 0 Å². The van der Waals surface area contributed by atoms with Crippen LogP contribution in [0.3, 0.4) is 0 Å². The first-order valence-electron chi connectivity index (χ1n) is 11.0. The molecule has 9 heteroatoms. The van der Waals surface area contributed by atoms with Gasteiger partial charge < -0.3 is 24.1 Å².